The van der Waals surface area contributed by atoms with E-state index in [4.69, 9.17) is 4.74 Å². The first kappa shape index (κ1) is 12.6. The highest BCUT2D eigenvalue weighted by Crippen LogP contribution is 2.22. The zero-order valence-corrected chi connectivity index (χ0v) is 10.8. The smallest absolute Gasteiger partial charge is 0.0903 e. The van der Waals surface area contributed by atoms with Crippen molar-refractivity contribution < 1.29 is 4.74 Å². The van der Waals surface area contributed by atoms with Crippen LogP contribution in [0.25, 0.3) is 0 Å². The number of benzene rings is 1. The van der Waals surface area contributed by atoms with E-state index in [1.54, 1.807) is 7.11 Å². The van der Waals surface area contributed by atoms with Gasteiger partial charge in [-0.1, -0.05) is 30.3 Å². The summed E-state index contributed by atoms with van der Waals surface area (Å²) in [4.78, 5) is 2.42. The maximum absolute atomic E-state index is 5.42. The van der Waals surface area contributed by atoms with Gasteiger partial charge in [0.15, 0.2) is 0 Å². The third kappa shape index (κ3) is 3.53. The van der Waals surface area contributed by atoms with Gasteiger partial charge in [0.25, 0.3) is 0 Å². The Balaban J connectivity index is 1.56. The van der Waals surface area contributed by atoms with E-state index in [-0.39, 0.29) is 5.60 Å². The van der Waals surface area contributed by atoms with E-state index in [0.29, 0.717) is 0 Å². The largest absolute Gasteiger partial charge is 0.376 e. The second kappa shape index (κ2) is 5.63. The summed E-state index contributed by atoms with van der Waals surface area (Å²) in [5, 5.41) is 3.46. The van der Waals surface area contributed by atoms with E-state index >= 15 is 0 Å². The fourth-order valence-corrected chi connectivity index (χ4v) is 2.25. The minimum Gasteiger partial charge on any atom is -0.376 e. The minimum absolute atomic E-state index is 0.0967. The van der Waals surface area contributed by atoms with Crippen molar-refractivity contribution in [3.63, 3.8) is 0 Å². The van der Waals surface area contributed by atoms with Gasteiger partial charge in [-0.05, 0) is 12.5 Å². The molecule has 94 valence electrons. The molecule has 0 bridgehead atoms. The average molecular weight is 234 g/mol. The monoisotopic (exact) mass is 234 g/mol. The number of methoxy groups -OCH3 is 1. The molecule has 0 radical (unpaired) electrons. The van der Waals surface area contributed by atoms with E-state index in [1.165, 1.54) is 5.56 Å². The van der Waals surface area contributed by atoms with Crippen molar-refractivity contribution in [2.24, 2.45) is 0 Å². The molecule has 1 aromatic carbocycles. The zero-order valence-electron chi connectivity index (χ0n) is 10.8. The van der Waals surface area contributed by atoms with Crippen LogP contribution in [0.4, 0.5) is 0 Å². The lowest BCUT2D eigenvalue weighted by Gasteiger charge is -2.46. The lowest BCUT2D eigenvalue weighted by atomic mass is 9.97. The van der Waals surface area contributed by atoms with Crippen LogP contribution >= 0.6 is 0 Å². The number of hydrogen-bond acceptors (Lipinski definition) is 3. The van der Waals surface area contributed by atoms with Crippen molar-refractivity contribution >= 4 is 0 Å². The topological polar surface area (TPSA) is 24.5 Å². The van der Waals surface area contributed by atoms with E-state index in [9.17, 15) is 0 Å². The first-order chi connectivity index (χ1) is 8.22. The Morgan fingerprint density at radius 3 is 2.65 bits per heavy atom. The highest BCUT2D eigenvalue weighted by molar-refractivity contribution is 5.14. The molecule has 0 atom stereocenters. The molecule has 0 aliphatic carbocycles. The van der Waals surface area contributed by atoms with Crippen LogP contribution in [0.15, 0.2) is 30.3 Å². The standard InChI is InChI=1S/C14H22N2O/c1-14(17-2)11-16(12-14)9-8-15-10-13-6-4-3-5-7-13/h3-7,15H,8-12H2,1-2H3. The first-order valence-corrected chi connectivity index (χ1v) is 6.24. The number of hydrogen-bond donors (Lipinski definition) is 1. The first-order valence-electron chi connectivity index (χ1n) is 6.24. The fraction of sp³-hybridized carbons (Fsp3) is 0.571. The maximum atomic E-state index is 5.42. The number of nitrogens with zero attached hydrogens (tertiary/aromatic N) is 1. The molecule has 1 heterocycles. The van der Waals surface area contributed by atoms with Crippen LogP contribution in [0.2, 0.25) is 0 Å². The summed E-state index contributed by atoms with van der Waals surface area (Å²) in [6.07, 6.45) is 0. The molecule has 17 heavy (non-hydrogen) atoms. The predicted octanol–water partition coefficient (Wildman–Crippen LogP) is 1.50. The summed E-state index contributed by atoms with van der Waals surface area (Å²) in [5.41, 5.74) is 1.44. The molecule has 3 nitrogen and oxygen atoms in total. The van der Waals surface area contributed by atoms with Crippen molar-refractivity contribution in [3.05, 3.63) is 35.9 Å². The third-order valence-corrected chi connectivity index (χ3v) is 3.39. The van der Waals surface area contributed by atoms with Gasteiger partial charge in [0.2, 0.25) is 0 Å². The Bertz CT molecular complexity index is 333. The normalized spacial score (nSPS) is 18.9. The van der Waals surface area contributed by atoms with Crippen molar-refractivity contribution in [1.29, 1.82) is 0 Å². The molecule has 1 aromatic rings. The van der Waals surface area contributed by atoms with Gasteiger partial charge in [0, 0.05) is 39.8 Å². The second-order valence-corrected chi connectivity index (χ2v) is 5.03. The Hall–Kier alpha value is -0.900. The van der Waals surface area contributed by atoms with Gasteiger partial charge in [0.1, 0.15) is 0 Å². The third-order valence-electron chi connectivity index (χ3n) is 3.39. The maximum Gasteiger partial charge on any atom is 0.0903 e. The second-order valence-electron chi connectivity index (χ2n) is 5.03. The summed E-state index contributed by atoms with van der Waals surface area (Å²) in [6, 6.07) is 10.5. The van der Waals surface area contributed by atoms with Gasteiger partial charge in [-0.25, -0.2) is 0 Å². The SMILES string of the molecule is COC1(C)CN(CCNCc2ccccc2)C1. The Morgan fingerprint density at radius 2 is 2.00 bits per heavy atom. The van der Waals surface area contributed by atoms with Gasteiger partial charge < -0.3 is 10.1 Å². The van der Waals surface area contributed by atoms with Gasteiger partial charge in [-0.15, -0.1) is 0 Å². The van der Waals surface area contributed by atoms with Crippen molar-refractivity contribution in [3.8, 4) is 0 Å². The molecular formula is C14H22N2O. The summed E-state index contributed by atoms with van der Waals surface area (Å²) < 4.78 is 5.42. The Kier molecular flexibility index (Phi) is 4.15. The molecule has 3 heteroatoms. The molecule has 1 N–H and O–H groups in total. The molecule has 1 aliphatic heterocycles. The molecule has 1 saturated heterocycles. The lowest BCUT2D eigenvalue weighted by molar-refractivity contribution is -0.110. The van der Waals surface area contributed by atoms with Crippen molar-refractivity contribution in [1.82, 2.24) is 10.2 Å². The number of ether oxygens (including phenoxy) is 1. The average Bonchev–Trinajstić information content (AvgIpc) is 2.33. The Labute approximate surface area is 104 Å². The molecule has 1 fully saturated rings. The fourth-order valence-electron chi connectivity index (χ4n) is 2.25. The van der Waals surface area contributed by atoms with E-state index < -0.39 is 0 Å². The van der Waals surface area contributed by atoms with E-state index in [2.05, 4.69) is 47.5 Å². The van der Waals surface area contributed by atoms with Crippen LogP contribution in [0.5, 0.6) is 0 Å². The molecule has 2 rings (SSSR count). The quantitative estimate of drug-likeness (QED) is 0.755. The van der Waals surface area contributed by atoms with Crippen molar-refractivity contribution in [2.45, 2.75) is 19.1 Å². The highest BCUT2D eigenvalue weighted by atomic mass is 16.5. The summed E-state index contributed by atoms with van der Waals surface area (Å²) in [5.74, 6) is 0. The van der Waals surface area contributed by atoms with Gasteiger partial charge >= 0.3 is 0 Å². The molecule has 0 saturated carbocycles. The molecule has 0 amide bonds. The molecule has 1 aliphatic rings. The Morgan fingerprint density at radius 1 is 1.29 bits per heavy atom. The van der Waals surface area contributed by atoms with Crippen LogP contribution in [-0.2, 0) is 11.3 Å². The van der Waals surface area contributed by atoms with Crippen LogP contribution < -0.4 is 5.32 Å². The van der Waals surface area contributed by atoms with Crippen molar-refractivity contribution in [2.75, 3.05) is 33.3 Å². The van der Waals surface area contributed by atoms with Gasteiger partial charge in [-0.3, -0.25) is 4.90 Å². The number of nitrogens with one attached hydrogen (secondary N) is 1. The predicted molar refractivity (Wildman–Crippen MR) is 70.0 cm³/mol. The summed E-state index contributed by atoms with van der Waals surface area (Å²) in [6.45, 7) is 7.37. The highest BCUT2D eigenvalue weighted by Gasteiger charge is 2.37. The van der Waals surface area contributed by atoms with E-state index in [0.717, 1.165) is 32.7 Å². The van der Waals surface area contributed by atoms with Gasteiger partial charge in [-0.2, -0.15) is 0 Å². The lowest BCUT2D eigenvalue weighted by Crippen LogP contribution is -2.61. The molecule has 0 aromatic heterocycles. The molecule has 0 unspecified atom stereocenters. The molecular weight excluding hydrogens is 212 g/mol. The van der Waals surface area contributed by atoms with E-state index in [1.807, 2.05) is 0 Å². The van der Waals surface area contributed by atoms with Crippen LogP contribution in [0, 0.1) is 0 Å². The van der Waals surface area contributed by atoms with Crippen LogP contribution in [-0.4, -0.2) is 43.8 Å². The van der Waals surface area contributed by atoms with Gasteiger partial charge in [0.05, 0.1) is 5.60 Å². The van der Waals surface area contributed by atoms with Crippen LogP contribution in [0.1, 0.15) is 12.5 Å². The molecule has 0 spiro atoms. The summed E-state index contributed by atoms with van der Waals surface area (Å²) in [7, 11) is 1.80. The number of rotatable bonds is 6. The number of likely N-dealkylation sites (tertiary alicyclic amines) is 1. The van der Waals surface area contributed by atoms with Crippen LogP contribution in [0.3, 0.4) is 0 Å². The minimum atomic E-state index is 0.0967. The summed E-state index contributed by atoms with van der Waals surface area (Å²) >= 11 is 0. The zero-order chi connectivity index (χ0) is 12.1.